The second-order valence-electron chi connectivity index (χ2n) is 10.3. The van der Waals surface area contributed by atoms with E-state index in [1.54, 1.807) is 31.3 Å². The zero-order valence-corrected chi connectivity index (χ0v) is 22.8. The van der Waals surface area contributed by atoms with E-state index in [0.717, 1.165) is 51.3 Å². The number of benzene rings is 1. The normalized spacial score (nSPS) is 14.4. The number of aliphatic hydroxyl groups is 2. The number of carbonyl (C=O) groups excluding carboxylic acids is 1. The smallest absolute Gasteiger partial charge is 0.305 e. The van der Waals surface area contributed by atoms with Crippen molar-refractivity contribution in [3.05, 3.63) is 76.5 Å². The van der Waals surface area contributed by atoms with Gasteiger partial charge in [-0.2, -0.15) is 0 Å². The van der Waals surface area contributed by atoms with Gasteiger partial charge >= 0.3 is 5.97 Å². The molecule has 0 saturated carbocycles. The number of rotatable bonds is 9. The van der Waals surface area contributed by atoms with Crippen LogP contribution in [0.5, 0.6) is 0 Å². The molecule has 0 bridgehead atoms. The number of carbonyl (C=O) groups is 2. The monoisotopic (exact) mass is 547 g/mol. The zero-order chi connectivity index (χ0) is 29.0. The molecule has 2 aromatic heterocycles. The molecule has 0 radical (unpaired) electrons. The molecular formula is C31H34FN3O5. The fourth-order valence-corrected chi connectivity index (χ4v) is 5.12. The highest BCUT2D eigenvalue weighted by Crippen LogP contribution is 2.41. The lowest BCUT2D eigenvalue weighted by Crippen LogP contribution is -2.19. The Hall–Kier alpha value is -3.95. The molecule has 210 valence electrons. The number of aromatic nitrogens is 2. The number of pyridine rings is 2. The maximum atomic E-state index is 13.9. The Balaban J connectivity index is 1.91. The quantitative estimate of drug-likeness (QED) is 0.310. The van der Waals surface area contributed by atoms with Gasteiger partial charge in [-0.3, -0.25) is 14.6 Å². The van der Waals surface area contributed by atoms with E-state index in [4.69, 9.17) is 10.1 Å². The predicted molar refractivity (Wildman–Crippen MR) is 150 cm³/mol. The molecule has 0 aliphatic heterocycles. The number of amides is 1. The van der Waals surface area contributed by atoms with E-state index in [9.17, 15) is 24.2 Å². The standard InChI is InChI=1S/C31H34FN3O5/c1-17(2)29-24(12-11-20(36)15-21(37)16-27(38)39)28(18-7-9-19(32)10-8-18)23-5-4-6-25-22(30(23)35-29)13-14-26(34-25)31(40)33-3/h7-14,17,20-21,36-37H,4-6,15-16H2,1-3H3,(H,33,40)(H,38,39)/t20-,21-/m1/s1. The first-order chi connectivity index (χ1) is 19.1. The molecule has 0 fully saturated rings. The Morgan fingerprint density at radius 3 is 2.45 bits per heavy atom. The SMILES string of the molecule is CNC(=O)c1ccc2c(n1)CCCc1c-2nc(C(C)C)c(C=C[C@@H](O)C[C@@H](O)CC(=O)O)c1-c1ccc(F)cc1. The number of fused-ring (bicyclic) bond motifs is 3. The van der Waals surface area contributed by atoms with Crippen LogP contribution in [0.4, 0.5) is 4.39 Å². The number of nitrogens with zero attached hydrogens (tertiary/aromatic N) is 2. The number of aliphatic carboxylic acids is 1. The molecule has 1 amide bonds. The highest BCUT2D eigenvalue weighted by atomic mass is 19.1. The van der Waals surface area contributed by atoms with Crippen molar-refractivity contribution in [1.82, 2.24) is 15.3 Å². The molecule has 1 aliphatic carbocycles. The fraction of sp³-hybridized carbons (Fsp3) is 0.355. The summed E-state index contributed by atoms with van der Waals surface area (Å²) in [5.74, 6) is -1.79. The molecule has 0 spiro atoms. The summed E-state index contributed by atoms with van der Waals surface area (Å²) in [6.45, 7) is 4.02. The Bertz CT molecular complexity index is 1440. The summed E-state index contributed by atoms with van der Waals surface area (Å²) < 4.78 is 13.9. The number of aryl methyl sites for hydroxylation is 1. The molecule has 1 aromatic carbocycles. The number of hydrogen-bond acceptors (Lipinski definition) is 6. The molecule has 2 atom stereocenters. The summed E-state index contributed by atoms with van der Waals surface area (Å²) in [6, 6.07) is 9.82. The van der Waals surface area contributed by atoms with Gasteiger partial charge in [0.25, 0.3) is 5.91 Å². The van der Waals surface area contributed by atoms with Crippen molar-refractivity contribution in [3.8, 4) is 22.4 Å². The summed E-state index contributed by atoms with van der Waals surface area (Å²) in [5, 5.41) is 32.1. The number of carboxylic acid groups (broad SMARTS) is 1. The third kappa shape index (κ3) is 6.43. The van der Waals surface area contributed by atoms with Crippen LogP contribution in [0.15, 0.2) is 42.5 Å². The van der Waals surface area contributed by atoms with E-state index < -0.39 is 24.6 Å². The summed E-state index contributed by atoms with van der Waals surface area (Å²) in [5.41, 5.74) is 6.89. The van der Waals surface area contributed by atoms with Crippen LogP contribution in [0.25, 0.3) is 28.5 Å². The topological polar surface area (TPSA) is 133 Å². The van der Waals surface area contributed by atoms with E-state index in [1.807, 2.05) is 19.9 Å². The van der Waals surface area contributed by atoms with Crippen LogP contribution in [0.1, 0.15) is 72.0 Å². The molecule has 40 heavy (non-hydrogen) atoms. The van der Waals surface area contributed by atoms with E-state index in [2.05, 4.69) is 10.3 Å². The second-order valence-corrected chi connectivity index (χ2v) is 10.3. The molecule has 2 heterocycles. The summed E-state index contributed by atoms with van der Waals surface area (Å²) in [6.07, 6.45) is 2.52. The van der Waals surface area contributed by atoms with Gasteiger partial charge in [0.1, 0.15) is 11.5 Å². The maximum absolute atomic E-state index is 13.9. The van der Waals surface area contributed by atoms with Gasteiger partial charge in [0.05, 0.1) is 35.7 Å². The fourth-order valence-electron chi connectivity index (χ4n) is 5.12. The predicted octanol–water partition coefficient (Wildman–Crippen LogP) is 4.52. The third-order valence-corrected chi connectivity index (χ3v) is 6.98. The highest BCUT2D eigenvalue weighted by molar-refractivity contribution is 5.93. The van der Waals surface area contributed by atoms with Gasteiger partial charge in [0.15, 0.2) is 0 Å². The Labute approximate surface area is 232 Å². The maximum Gasteiger partial charge on any atom is 0.305 e. The average molecular weight is 548 g/mol. The molecule has 0 saturated heterocycles. The van der Waals surface area contributed by atoms with Gasteiger partial charge in [-0.05, 0) is 66.1 Å². The highest BCUT2D eigenvalue weighted by Gasteiger charge is 2.26. The largest absolute Gasteiger partial charge is 0.481 e. The number of aliphatic hydroxyl groups excluding tert-OH is 2. The zero-order valence-electron chi connectivity index (χ0n) is 22.8. The van der Waals surface area contributed by atoms with Gasteiger partial charge in [-0.25, -0.2) is 9.37 Å². The molecule has 0 unspecified atom stereocenters. The minimum absolute atomic E-state index is 0.0244. The van der Waals surface area contributed by atoms with E-state index in [-0.39, 0.29) is 24.1 Å². The lowest BCUT2D eigenvalue weighted by molar-refractivity contribution is -0.139. The molecular weight excluding hydrogens is 513 g/mol. The Kier molecular flexibility index (Phi) is 9.07. The molecule has 4 N–H and O–H groups in total. The van der Waals surface area contributed by atoms with E-state index in [1.165, 1.54) is 18.2 Å². The Morgan fingerprint density at radius 1 is 1.07 bits per heavy atom. The first-order valence-corrected chi connectivity index (χ1v) is 13.4. The lowest BCUT2D eigenvalue weighted by Gasteiger charge is -2.22. The second kappa shape index (κ2) is 12.5. The van der Waals surface area contributed by atoms with Crippen molar-refractivity contribution < 1.29 is 29.3 Å². The van der Waals surface area contributed by atoms with Gasteiger partial charge in [0.2, 0.25) is 0 Å². The molecule has 4 rings (SSSR count). The van der Waals surface area contributed by atoms with Crippen LogP contribution in [0.2, 0.25) is 0 Å². The van der Waals surface area contributed by atoms with Crippen LogP contribution in [0.3, 0.4) is 0 Å². The van der Waals surface area contributed by atoms with Gasteiger partial charge in [-0.15, -0.1) is 0 Å². The molecule has 9 heteroatoms. The summed E-state index contributed by atoms with van der Waals surface area (Å²) in [4.78, 5) is 32.9. The van der Waals surface area contributed by atoms with E-state index in [0.29, 0.717) is 18.5 Å². The summed E-state index contributed by atoms with van der Waals surface area (Å²) in [7, 11) is 1.56. The first-order valence-electron chi connectivity index (χ1n) is 13.4. The Morgan fingerprint density at radius 2 is 1.80 bits per heavy atom. The molecule has 1 aliphatic rings. The summed E-state index contributed by atoms with van der Waals surface area (Å²) >= 11 is 0. The number of carboxylic acids is 1. The van der Waals surface area contributed by atoms with Crippen molar-refractivity contribution in [3.63, 3.8) is 0 Å². The first kappa shape index (κ1) is 29.0. The van der Waals surface area contributed by atoms with Crippen molar-refractivity contribution in [2.75, 3.05) is 7.05 Å². The number of hydrogen-bond donors (Lipinski definition) is 4. The minimum atomic E-state index is -1.19. The van der Waals surface area contributed by atoms with Crippen LogP contribution in [-0.2, 0) is 17.6 Å². The number of halogens is 1. The number of nitrogens with one attached hydrogen (secondary N) is 1. The van der Waals surface area contributed by atoms with Crippen molar-refractivity contribution in [2.24, 2.45) is 0 Å². The van der Waals surface area contributed by atoms with Crippen LogP contribution in [0, 0.1) is 5.82 Å². The van der Waals surface area contributed by atoms with Gasteiger partial charge < -0.3 is 20.6 Å². The van der Waals surface area contributed by atoms with Crippen molar-refractivity contribution in [2.45, 2.75) is 64.1 Å². The van der Waals surface area contributed by atoms with Crippen molar-refractivity contribution >= 4 is 18.0 Å². The van der Waals surface area contributed by atoms with Crippen LogP contribution < -0.4 is 5.32 Å². The average Bonchev–Trinajstić information content (AvgIpc) is 3.09. The third-order valence-electron chi connectivity index (χ3n) is 6.98. The van der Waals surface area contributed by atoms with E-state index >= 15 is 0 Å². The molecule has 8 nitrogen and oxygen atoms in total. The minimum Gasteiger partial charge on any atom is -0.481 e. The van der Waals surface area contributed by atoms with Crippen LogP contribution in [-0.4, -0.2) is 56.4 Å². The lowest BCUT2D eigenvalue weighted by atomic mass is 9.86. The van der Waals surface area contributed by atoms with Gasteiger partial charge in [-0.1, -0.05) is 38.1 Å². The van der Waals surface area contributed by atoms with Gasteiger partial charge in [0, 0.05) is 24.6 Å². The molecule has 3 aromatic rings. The van der Waals surface area contributed by atoms with Crippen molar-refractivity contribution in [1.29, 1.82) is 0 Å². The van der Waals surface area contributed by atoms with Crippen LogP contribution >= 0.6 is 0 Å².